The zero-order valence-electron chi connectivity index (χ0n) is 9.94. The topological polar surface area (TPSA) is 93.7 Å². The highest BCUT2D eigenvalue weighted by molar-refractivity contribution is 7.33. The van der Waals surface area contributed by atoms with Crippen molar-refractivity contribution in [2.75, 3.05) is 26.3 Å². The van der Waals surface area contributed by atoms with E-state index in [0.717, 1.165) is 12.2 Å². The summed E-state index contributed by atoms with van der Waals surface area (Å²) in [5.74, 6) is -0.655. The second-order valence-electron chi connectivity index (χ2n) is 2.94. The van der Waals surface area contributed by atoms with E-state index in [1.54, 1.807) is 0 Å². The zero-order chi connectivity index (χ0) is 13.8. The Kier molecular flexibility index (Phi) is 9.86. The van der Waals surface area contributed by atoms with Gasteiger partial charge in [0.2, 0.25) is 11.8 Å². The second kappa shape index (κ2) is 10.7. The van der Waals surface area contributed by atoms with E-state index in [0.29, 0.717) is 0 Å². The van der Waals surface area contributed by atoms with Crippen molar-refractivity contribution in [3.05, 3.63) is 25.3 Å². The van der Waals surface area contributed by atoms with Crippen LogP contribution >= 0.6 is 8.25 Å². The lowest BCUT2D eigenvalue weighted by molar-refractivity contribution is -0.117. The Bertz CT molecular complexity index is 302. The van der Waals surface area contributed by atoms with Crippen molar-refractivity contribution in [2.45, 2.75) is 0 Å². The third kappa shape index (κ3) is 9.77. The molecule has 8 heteroatoms. The highest BCUT2D eigenvalue weighted by Gasteiger charge is 2.01. The van der Waals surface area contributed by atoms with Crippen molar-refractivity contribution >= 4 is 20.1 Å². The molecule has 2 N–H and O–H groups in total. The summed E-state index contributed by atoms with van der Waals surface area (Å²) in [4.78, 5) is 21.5. The Hall–Kier alpha value is -1.43. The molecule has 0 heterocycles. The summed E-state index contributed by atoms with van der Waals surface area (Å²) in [5, 5.41) is 4.90. The van der Waals surface area contributed by atoms with Gasteiger partial charge in [-0.3, -0.25) is 14.2 Å². The van der Waals surface area contributed by atoms with Gasteiger partial charge in [-0.15, -0.1) is 0 Å². The number of nitrogens with one attached hydrogen (secondary N) is 2. The van der Waals surface area contributed by atoms with Gasteiger partial charge in [0, 0.05) is 13.1 Å². The molecule has 0 aliphatic carbocycles. The summed E-state index contributed by atoms with van der Waals surface area (Å²) in [6, 6.07) is 0. The minimum absolute atomic E-state index is 0.0798. The van der Waals surface area contributed by atoms with Crippen LogP contribution in [-0.4, -0.2) is 38.1 Å². The Morgan fingerprint density at radius 3 is 1.72 bits per heavy atom. The van der Waals surface area contributed by atoms with Crippen LogP contribution < -0.4 is 10.6 Å². The van der Waals surface area contributed by atoms with Gasteiger partial charge in [-0.2, -0.15) is 0 Å². The number of rotatable bonds is 10. The monoisotopic (exact) mass is 276 g/mol. The summed E-state index contributed by atoms with van der Waals surface area (Å²) in [6.45, 7) is 7.14. The van der Waals surface area contributed by atoms with E-state index in [4.69, 9.17) is 9.05 Å². The van der Waals surface area contributed by atoms with E-state index in [-0.39, 0.29) is 38.1 Å². The van der Waals surface area contributed by atoms with Crippen LogP contribution in [-0.2, 0) is 23.2 Å². The lowest BCUT2D eigenvalue weighted by Crippen LogP contribution is -2.25. The quantitative estimate of drug-likeness (QED) is 0.333. The molecule has 0 rings (SSSR count). The van der Waals surface area contributed by atoms with E-state index in [2.05, 4.69) is 23.8 Å². The van der Waals surface area contributed by atoms with Gasteiger partial charge in [-0.05, 0) is 12.2 Å². The predicted octanol–water partition coefficient (Wildman–Crippen LogP) is 0.0137. The molecule has 0 saturated carbocycles. The van der Waals surface area contributed by atoms with Gasteiger partial charge in [-0.1, -0.05) is 13.2 Å². The van der Waals surface area contributed by atoms with E-state index < -0.39 is 8.25 Å². The average Bonchev–Trinajstić information content (AvgIpc) is 2.38. The molecule has 0 unspecified atom stereocenters. The Balaban J connectivity index is 3.43. The summed E-state index contributed by atoms with van der Waals surface area (Å²) in [6.07, 6.45) is 2.25. The van der Waals surface area contributed by atoms with Gasteiger partial charge in [0.15, 0.2) is 0 Å². The van der Waals surface area contributed by atoms with Crippen LogP contribution in [0.15, 0.2) is 25.3 Å². The minimum atomic E-state index is -2.60. The first-order valence-corrected chi connectivity index (χ1v) is 6.42. The third-order valence-corrected chi connectivity index (χ3v) is 2.49. The van der Waals surface area contributed by atoms with Gasteiger partial charge < -0.3 is 19.7 Å². The van der Waals surface area contributed by atoms with Crippen molar-refractivity contribution in [1.29, 1.82) is 0 Å². The second-order valence-corrected chi connectivity index (χ2v) is 4.01. The van der Waals surface area contributed by atoms with Gasteiger partial charge in [0.05, 0.1) is 13.2 Å². The van der Waals surface area contributed by atoms with Crippen LogP contribution in [0.4, 0.5) is 0 Å². The van der Waals surface area contributed by atoms with Crippen LogP contribution in [0.25, 0.3) is 0 Å². The molecule has 0 atom stereocenters. The van der Waals surface area contributed by atoms with Gasteiger partial charge in [0.25, 0.3) is 0 Å². The molecule has 102 valence electrons. The van der Waals surface area contributed by atoms with Crippen molar-refractivity contribution in [3.63, 3.8) is 0 Å². The molecule has 0 aromatic rings. The highest BCUT2D eigenvalue weighted by Crippen LogP contribution is 2.22. The molecule has 0 aromatic heterocycles. The molecule has 0 fully saturated rings. The summed E-state index contributed by atoms with van der Waals surface area (Å²) in [7, 11) is -2.60. The van der Waals surface area contributed by atoms with Gasteiger partial charge in [0.1, 0.15) is 0 Å². The van der Waals surface area contributed by atoms with E-state index >= 15 is 0 Å². The standard InChI is InChI=1S/C10H17N2O5P/c1-3-9(13)11-5-7-16-18(15)17-8-6-12-10(14)4-2/h3-4,18H,1-2,5-8H2,(H,11,13)(H,12,14). The molecule has 18 heavy (non-hydrogen) atoms. The molecule has 0 radical (unpaired) electrons. The van der Waals surface area contributed by atoms with E-state index in [1.165, 1.54) is 0 Å². The van der Waals surface area contributed by atoms with E-state index in [9.17, 15) is 14.2 Å². The molecule has 0 aromatic carbocycles. The maximum atomic E-state index is 11.1. The average molecular weight is 276 g/mol. The first kappa shape index (κ1) is 16.6. The maximum absolute atomic E-state index is 11.1. The summed E-state index contributed by atoms with van der Waals surface area (Å²) < 4.78 is 20.8. The SMILES string of the molecule is C=CC(=O)NCCO[PH](=O)OCCNC(=O)C=C. The smallest absolute Gasteiger partial charge is 0.319 e. The number of hydrogen-bond acceptors (Lipinski definition) is 5. The molecular weight excluding hydrogens is 259 g/mol. The summed E-state index contributed by atoms with van der Waals surface area (Å²) >= 11 is 0. The molecule has 2 amide bonds. The maximum Gasteiger partial charge on any atom is 0.319 e. The molecule has 0 aliphatic heterocycles. The molecular formula is C10H17N2O5P. The Morgan fingerprint density at radius 2 is 1.39 bits per heavy atom. The Labute approximate surface area is 106 Å². The molecule has 0 bridgehead atoms. The fourth-order valence-electron chi connectivity index (χ4n) is 0.803. The molecule has 0 aliphatic rings. The lowest BCUT2D eigenvalue weighted by Gasteiger charge is -2.06. The van der Waals surface area contributed by atoms with Crippen LogP contribution in [0, 0.1) is 0 Å². The fraction of sp³-hybridized carbons (Fsp3) is 0.400. The van der Waals surface area contributed by atoms with Crippen LogP contribution in [0.1, 0.15) is 0 Å². The minimum Gasteiger partial charge on any atom is -0.350 e. The van der Waals surface area contributed by atoms with Crippen molar-refractivity contribution in [2.24, 2.45) is 0 Å². The zero-order valence-corrected chi connectivity index (χ0v) is 10.9. The largest absolute Gasteiger partial charge is 0.350 e. The predicted molar refractivity (Wildman–Crippen MR) is 67.3 cm³/mol. The molecule has 0 spiro atoms. The van der Waals surface area contributed by atoms with Crippen LogP contribution in [0.2, 0.25) is 0 Å². The fourth-order valence-corrected chi connectivity index (χ4v) is 1.42. The molecule has 0 saturated heterocycles. The van der Waals surface area contributed by atoms with Crippen molar-refractivity contribution in [3.8, 4) is 0 Å². The van der Waals surface area contributed by atoms with Gasteiger partial charge in [-0.25, -0.2) is 0 Å². The lowest BCUT2D eigenvalue weighted by atomic mass is 10.5. The number of carbonyl (C=O) groups is 2. The van der Waals surface area contributed by atoms with E-state index in [1.807, 2.05) is 0 Å². The van der Waals surface area contributed by atoms with Crippen LogP contribution in [0.5, 0.6) is 0 Å². The van der Waals surface area contributed by atoms with Crippen molar-refractivity contribution in [1.82, 2.24) is 10.6 Å². The molecule has 7 nitrogen and oxygen atoms in total. The summed E-state index contributed by atoms with van der Waals surface area (Å²) in [5.41, 5.74) is 0. The Morgan fingerprint density at radius 1 is 1.00 bits per heavy atom. The number of carbonyl (C=O) groups excluding carboxylic acids is 2. The first-order chi connectivity index (χ1) is 8.60. The first-order valence-electron chi connectivity index (χ1n) is 5.20. The normalized spacial score (nSPS) is 9.83. The number of hydrogen-bond donors (Lipinski definition) is 2. The van der Waals surface area contributed by atoms with Crippen LogP contribution in [0.3, 0.4) is 0 Å². The van der Waals surface area contributed by atoms with Gasteiger partial charge >= 0.3 is 8.25 Å². The third-order valence-electron chi connectivity index (χ3n) is 1.61. The van der Waals surface area contributed by atoms with Crippen molar-refractivity contribution < 1.29 is 23.2 Å². The highest BCUT2D eigenvalue weighted by atomic mass is 31.1. The number of amides is 2.